The maximum atomic E-state index is 6.43. The van der Waals surface area contributed by atoms with Crippen LogP contribution in [0.4, 0.5) is 0 Å². The van der Waals surface area contributed by atoms with Gasteiger partial charge in [0.1, 0.15) is 0 Å². The monoisotopic (exact) mass is 275 g/mol. The molecule has 3 unspecified atom stereocenters. The van der Waals surface area contributed by atoms with Crippen LogP contribution in [0.15, 0.2) is 30.3 Å². The van der Waals surface area contributed by atoms with Gasteiger partial charge in [-0.2, -0.15) is 0 Å². The molecule has 3 heteroatoms. The molecule has 0 spiro atoms. The van der Waals surface area contributed by atoms with E-state index in [1.807, 2.05) is 6.07 Å². The molecule has 112 valence electrons. The van der Waals surface area contributed by atoms with Gasteiger partial charge in [0, 0.05) is 24.7 Å². The molecule has 0 saturated carbocycles. The van der Waals surface area contributed by atoms with Crippen molar-refractivity contribution in [2.24, 2.45) is 5.73 Å². The molecule has 3 atom stereocenters. The van der Waals surface area contributed by atoms with Crippen LogP contribution in [0.5, 0.6) is 0 Å². The number of likely N-dealkylation sites (tertiary alicyclic amines) is 1. The number of hydrogen-bond acceptors (Lipinski definition) is 3. The Morgan fingerprint density at radius 1 is 1.35 bits per heavy atom. The lowest BCUT2D eigenvalue weighted by Crippen LogP contribution is -2.45. The van der Waals surface area contributed by atoms with E-state index < -0.39 is 0 Å². The van der Waals surface area contributed by atoms with Crippen LogP contribution in [0.25, 0.3) is 0 Å². The highest BCUT2D eigenvalue weighted by Crippen LogP contribution is 2.21. The third kappa shape index (κ3) is 3.60. The Morgan fingerprint density at radius 2 is 2.05 bits per heavy atom. The lowest BCUT2D eigenvalue weighted by atomic mass is 10.00. The Labute approximate surface area is 123 Å². The number of benzene rings is 1. The van der Waals surface area contributed by atoms with Gasteiger partial charge < -0.3 is 10.6 Å². The van der Waals surface area contributed by atoms with Crippen molar-refractivity contribution in [2.75, 3.05) is 26.7 Å². The smallest absolute Gasteiger partial charge is 0.0450 e. The molecular formula is C17H29N3. The largest absolute Gasteiger partial charge is 0.323 e. The summed E-state index contributed by atoms with van der Waals surface area (Å²) in [5, 5.41) is 0. The van der Waals surface area contributed by atoms with Gasteiger partial charge in [-0.15, -0.1) is 0 Å². The van der Waals surface area contributed by atoms with Gasteiger partial charge in [-0.1, -0.05) is 37.3 Å². The SMILES string of the molecule is CCN1CCCC1CN(C)C(C)C(N)c1ccccc1. The number of likely N-dealkylation sites (N-methyl/N-ethyl adjacent to an activating group) is 2. The van der Waals surface area contributed by atoms with E-state index in [2.05, 4.69) is 55.0 Å². The Bertz CT molecular complexity index is 392. The molecule has 1 aromatic carbocycles. The predicted octanol–water partition coefficient (Wildman–Crippen LogP) is 2.49. The Kier molecular flexibility index (Phi) is 5.58. The fourth-order valence-electron chi connectivity index (χ4n) is 3.24. The van der Waals surface area contributed by atoms with Gasteiger partial charge in [0.15, 0.2) is 0 Å². The first kappa shape index (κ1) is 15.5. The first-order valence-corrected chi connectivity index (χ1v) is 7.88. The molecule has 0 aliphatic carbocycles. The average molecular weight is 275 g/mol. The zero-order chi connectivity index (χ0) is 14.5. The first-order valence-electron chi connectivity index (χ1n) is 7.88. The summed E-state index contributed by atoms with van der Waals surface area (Å²) in [6, 6.07) is 11.6. The summed E-state index contributed by atoms with van der Waals surface area (Å²) >= 11 is 0. The Morgan fingerprint density at radius 3 is 2.70 bits per heavy atom. The molecule has 1 aliphatic rings. The highest BCUT2D eigenvalue weighted by molar-refractivity contribution is 5.19. The molecule has 1 heterocycles. The van der Waals surface area contributed by atoms with Gasteiger partial charge in [-0.3, -0.25) is 4.90 Å². The van der Waals surface area contributed by atoms with Crippen molar-refractivity contribution in [3.8, 4) is 0 Å². The quantitative estimate of drug-likeness (QED) is 0.866. The fraction of sp³-hybridized carbons (Fsp3) is 0.647. The Balaban J connectivity index is 1.93. The molecule has 0 aromatic heterocycles. The summed E-state index contributed by atoms with van der Waals surface area (Å²) in [5.74, 6) is 0. The van der Waals surface area contributed by atoms with Crippen molar-refractivity contribution in [1.82, 2.24) is 9.80 Å². The predicted molar refractivity (Wildman–Crippen MR) is 85.7 cm³/mol. The van der Waals surface area contributed by atoms with E-state index in [4.69, 9.17) is 5.73 Å². The van der Waals surface area contributed by atoms with Crippen molar-refractivity contribution < 1.29 is 0 Å². The van der Waals surface area contributed by atoms with Crippen LogP contribution >= 0.6 is 0 Å². The summed E-state index contributed by atoms with van der Waals surface area (Å²) in [7, 11) is 2.21. The summed E-state index contributed by atoms with van der Waals surface area (Å²) in [6.45, 7) is 8.04. The van der Waals surface area contributed by atoms with Crippen molar-refractivity contribution in [2.45, 2.75) is 44.8 Å². The third-order valence-electron chi connectivity index (χ3n) is 4.80. The van der Waals surface area contributed by atoms with Gasteiger partial charge in [0.25, 0.3) is 0 Å². The molecule has 2 N–H and O–H groups in total. The molecular weight excluding hydrogens is 246 g/mol. The van der Waals surface area contributed by atoms with Crippen LogP contribution in [0.3, 0.4) is 0 Å². The van der Waals surface area contributed by atoms with E-state index >= 15 is 0 Å². The zero-order valence-corrected chi connectivity index (χ0v) is 13.1. The number of nitrogens with two attached hydrogens (primary N) is 1. The van der Waals surface area contributed by atoms with Crippen molar-refractivity contribution in [3.05, 3.63) is 35.9 Å². The number of rotatable bonds is 6. The summed E-state index contributed by atoms with van der Waals surface area (Å²) in [5.41, 5.74) is 7.65. The molecule has 1 aliphatic heterocycles. The average Bonchev–Trinajstić information content (AvgIpc) is 2.93. The van der Waals surface area contributed by atoms with Crippen molar-refractivity contribution >= 4 is 0 Å². The summed E-state index contributed by atoms with van der Waals surface area (Å²) in [4.78, 5) is 5.02. The van der Waals surface area contributed by atoms with E-state index in [0.717, 1.165) is 13.1 Å². The van der Waals surface area contributed by atoms with Crippen LogP contribution in [-0.4, -0.2) is 48.6 Å². The van der Waals surface area contributed by atoms with E-state index in [1.54, 1.807) is 0 Å². The first-order chi connectivity index (χ1) is 9.63. The standard InChI is InChI=1S/C17H29N3/c1-4-20-12-8-11-16(20)13-19(3)14(2)17(18)15-9-6-5-7-10-15/h5-7,9-10,14,16-17H,4,8,11-13,18H2,1-3H3. The lowest BCUT2D eigenvalue weighted by molar-refractivity contribution is 0.156. The van der Waals surface area contributed by atoms with Crippen LogP contribution in [0, 0.1) is 0 Å². The molecule has 0 amide bonds. The van der Waals surface area contributed by atoms with Crippen LogP contribution in [-0.2, 0) is 0 Å². The number of nitrogens with zero attached hydrogens (tertiary/aromatic N) is 2. The summed E-state index contributed by atoms with van der Waals surface area (Å²) in [6.07, 6.45) is 2.66. The minimum Gasteiger partial charge on any atom is -0.323 e. The molecule has 1 saturated heterocycles. The highest BCUT2D eigenvalue weighted by atomic mass is 15.2. The normalized spacial score (nSPS) is 23.1. The lowest BCUT2D eigenvalue weighted by Gasteiger charge is -2.34. The molecule has 2 rings (SSSR count). The van der Waals surface area contributed by atoms with E-state index in [1.165, 1.54) is 24.9 Å². The second-order valence-corrected chi connectivity index (χ2v) is 6.04. The number of hydrogen-bond donors (Lipinski definition) is 1. The molecule has 20 heavy (non-hydrogen) atoms. The zero-order valence-electron chi connectivity index (χ0n) is 13.1. The van der Waals surface area contributed by atoms with Crippen LogP contribution in [0.1, 0.15) is 38.3 Å². The second kappa shape index (κ2) is 7.21. The molecule has 3 nitrogen and oxygen atoms in total. The van der Waals surface area contributed by atoms with Gasteiger partial charge in [0.05, 0.1) is 0 Å². The Hall–Kier alpha value is -0.900. The maximum absolute atomic E-state index is 6.43. The van der Waals surface area contributed by atoms with Crippen LogP contribution in [0.2, 0.25) is 0 Å². The summed E-state index contributed by atoms with van der Waals surface area (Å²) < 4.78 is 0. The highest BCUT2D eigenvalue weighted by Gasteiger charge is 2.27. The van der Waals surface area contributed by atoms with Crippen molar-refractivity contribution in [1.29, 1.82) is 0 Å². The molecule has 0 radical (unpaired) electrons. The van der Waals surface area contributed by atoms with Crippen LogP contribution < -0.4 is 5.73 Å². The van der Waals surface area contributed by atoms with E-state index in [9.17, 15) is 0 Å². The van der Waals surface area contributed by atoms with Gasteiger partial charge in [0.2, 0.25) is 0 Å². The third-order valence-corrected chi connectivity index (χ3v) is 4.80. The molecule has 1 aromatic rings. The van der Waals surface area contributed by atoms with Gasteiger partial charge >= 0.3 is 0 Å². The topological polar surface area (TPSA) is 32.5 Å². The van der Waals surface area contributed by atoms with Gasteiger partial charge in [-0.05, 0) is 45.5 Å². The molecule has 0 bridgehead atoms. The van der Waals surface area contributed by atoms with Crippen molar-refractivity contribution in [3.63, 3.8) is 0 Å². The second-order valence-electron chi connectivity index (χ2n) is 6.04. The van der Waals surface area contributed by atoms with E-state index in [-0.39, 0.29) is 6.04 Å². The van der Waals surface area contributed by atoms with E-state index in [0.29, 0.717) is 12.1 Å². The van der Waals surface area contributed by atoms with Gasteiger partial charge in [-0.25, -0.2) is 0 Å². The minimum atomic E-state index is 0.0812. The molecule has 1 fully saturated rings. The minimum absolute atomic E-state index is 0.0812. The maximum Gasteiger partial charge on any atom is 0.0450 e. The fourth-order valence-corrected chi connectivity index (χ4v) is 3.24.